The van der Waals surface area contributed by atoms with Gasteiger partial charge in [-0.05, 0) is 46.9 Å². The maximum Gasteiger partial charge on any atom is 0.407 e. The highest BCUT2D eigenvalue weighted by atomic mass is 32.2. The van der Waals surface area contributed by atoms with Crippen LogP contribution in [-0.2, 0) is 24.4 Å². The fraction of sp³-hybridized carbons (Fsp3) is 0.259. The van der Waals surface area contributed by atoms with Crippen LogP contribution in [0.1, 0.15) is 35.4 Å². The SMILES string of the molecule is CCOC(=O)C(CNC(=O)OCC1c2ccccc2-c2ccccc21)c1ccc(OS(C)(=O)=O)cc1. The van der Waals surface area contributed by atoms with Crippen molar-refractivity contribution < 1.29 is 31.7 Å². The molecule has 188 valence electrons. The molecule has 0 aromatic heterocycles. The Labute approximate surface area is 210 Å². The van der Waals surface area contributed by atoms with Crippen molar-refractivity contribution in [3.63, 3.8) is 0 Å². The number of rotatable bonds is 9. The fourth-order valence-corrected chi connectivity index (χ4v) is 4.81. The van der Waals surface area contributed by atoms with Gasteiger partial charge < -0.3 is 19.0 Å². The predicted molar refractivity (Wildman–Crippen MR) is 134 cm³/mol. The van der Waals surface area contributed by atoms with Gasteiger partial charge in [0.15, 0.2) is 0 Å². The summed E-state index contributed by atoms with van der Waals surface area (Å²) in [6.45, 7) is 1.97. The molecule has 9 heteroatoms. The zero-order valence-electron chi connectivity index (χ0n) is 20.0. The lowest BCUT2D eigenvalue weighted by Gasteiger charge is -2.18. The van der Waals surface area contributed by atoms with Gasteiger partial charge in [-0.1, -0.05) is 60.7 Å². The van der Waals surface area contributed by atoms with Gasteiger partial charge in [-0.15, -0.1) is 0 Å². The van der Waals surface area contributed by atoms with Crippen LogP contribution in [0.25, 0.3) is 11.1 Å². The van der Waals surface area contributed by atoms with Crippen molar-refractivity contribution in [2.24, 2.45) is 0 Å². The summed E-state index contributed by atoms with van der Waals surface area (Å²) >= 11 is 0. The molecule has 36 heavy (non-hydrogen) atoms. The molecule has 1 atom stereocenters. The molecular formula is C27H27NO7S. The standard InChI is InChI=1S/C27H27NO7S/c1-3-33-26(29)24(18-12-14-19(15-13-18)35-36(2,31)32)16-28-27(30)34-17-25-22-10-6-4-8-20(22)21-9-5-7-11-23(21)25/h4-15,24-25H,3,16-17H2,1-2H3,(H,28,30). The number of carbonyl (C=O) groups is 2. The topological polar surface area (TPSA) is 108 Å². The summed E-state index contributed by atoms with van der Waals surface area (Å²) in [4.78, 5) is 25.1. The van der Waals surface area contributed by atoms with Crippen LogP contribution in [0.3, 0.4) is 0 Å². The van der Waals surface area contributed by atoms with Crippen LogP contribution in [0, 0.1) is 0 Å². The molecule has 1 amide bonds. The molecule has 0 radical (unpaired) electrons. The fourth-order valence-electron chi connectivity index (χ4n) is 4.35. The first-order valence-electron chi connectivity index (χ1n) is 11.5. The van der Waals surface area contributed by atoms with E-state index in [9.17, 15) is 18.0 Å². The third-order valence-corrected chi connectivity index (χ3v) is 6.39. The summed E-state index contributed by atoms with van der Waals surface area (Å²) in [5.41, 5.74) is 5.01. The lowest BCUT2D eigenvalue weighted by Crippen LogP contribution is -2.33. The van der Waals surface area contributed by atoms with Crippen LogP contribution in [0.15, 0.2) is 72.8 Å². The van der Waals surface area contributed by atoms with Crippen LogP contribution in [-0.4, -0.2) is 46.5 Å². The van der Waals surface area contributed by atoms with Crippen molar-refractivity contribution in [1.82, 2.24) is 5.32 Å². The third-order valence-electron chi connectivity index (χ3n) is 5.90. The number of hydrogen-bond acceptors (Lipinski definition) is 7. The Bertz CT molecular complexity index is 1310. The van der Waals surface area contributed by atoms with E-state index in [1.165, 1.54) is 12.1 Å². The highest BCUT2D eigenvalue weighted by Crippen LogP contribution is 2.44. The van der Waals surface area contributed by atoms with Crippen molar-refractivity contribution >= 4 is 22.2 Å². The first kappa shape index (κ1) is 25.2. The normalized spacial score (nSPS) is 13.3. The zero-order valence-corrected chi connectivity index (χ0v) is 20.8. The maximum atomic E-state index is 12.6. The van der Waals surface area contributed by atoms with Gasteiger partial charge in [-0.3, -0.25) is 4.79 Å². The summed E-state index contributed by atoms with van der Waals surface area (Å²) in [5, 5.41) is 2.66. The molecule has 3 aromatic rings. The highest BCUT2D eigenvalue weighted by Gasteiger charge is 2.29. The first-order valence-corrected chi connectivity index (χ1v) is 13.3. The molecule has 1 unspecified atom stereocenters. The van der Waals surface area contributed by atoms with Gasteiger partial charge in [0, 0.05) is 12.5 Å². The number of amides is 1. The van der Waals surface area contributed by atoms with Crippen molar-refractivity contribution in [2.45, 2.75) is 18.8 Å². The number of esters is 1. The van der Waals surface area contributed by atoms with Crippen molar-refractivity contribution in [1.29, 1.82) is 0 Å². The van der Waals surface area contributed by atoms with E-state index < -0.39 is 28.1 Å². The second-order valence-corrected chi connectivity index (χ2v) is 9.94. The molecule has 1 N–H and O–H groups in total. The maximum absolute atomic E-state index is 12.6. The van der Waals surface area contributed by atoms with E-state index in [2.05, 4.69) is 17.4 Å². The Morgan fingerprint density at radius 3 is 2.03 bits per heavy atom. The van der Waals surface area contributed by atoms with E-state index in [1.54, 1.807) is 19.1 Å². The van der Waals surface area contributed by atoms with E-state index >= 15 is 0 Å². The molecule has 0 fully saturated rings. The quantitative estimate of drug-likeness (QED) is 0.340. The summed E-state index contributed by atoms with van der Waals surface area (Å²) < 4.78 is 38.2. The Balaban J connectivity index is 1.41. The number of nitrogens with one attached hydrogen (secondary N) is 1. The van der Waals surface area contributed by atoms with Gasteiger partial charge in [-0.2, -0.15) is 8.42 Å². The van der Waals surface area contributed by atoms with Gasteiger partial charge in [0.25, 0.3) is 0 Å². The molecular weight excluding hydrogens is 482 g/mol. The molecule has 0 saturated carbocycles. The van der Waals surface area contributed by atoms with Crippen LogP contribution in [0.5, 0.6) is 5.75 Å². The Morgan fingerprint density at radius 1 is 0.889 bits per heavy atom. The van der Waals surface area contributed by atoms with Crippen LogP contribution in [0.2, 0.25) is 0 Å². The minimum absolute atomic E-state index is 0.0538. The number of fused-ring (bicyclic) bond motifs is 3. The molecule has 0 bridgehead atoms. The van der Waals surface area contributed by atoms with Gasteiger partial charge in [-0.25, -0.2) is 4.79 Å². The highest BCUT2D eigenvalue weighted by molar-refractivity contribution is 7.86. The van der Waals surface area contributed by atoms with E-state index in [4.69, 9.17) is 13.7 Å². The second-order valence-electron chi connectivity index (χ2n) is 8.37. The number of alkyl carbamates (subject to hydrolysis) is 1. The predicted octanol–water partition coefficient (Wildman–Crippen LogP) is 4.21. The largest absolute Gasteiger partial charge is 0.465 e. The van der Waals surface area contributed by atoms with Crippen LogP contribution in [0.4, 0.5) is 4.79 Å². The van der Waals surface area contributed by atoms with Crippen molar-refractivity contribution in [3.8, 4) is 16.9 Å². The van der Waals surface area contributed by atoms with Gasteiger partial charge in [0.2, 0.25) is 0 Å². The number of benzene rings is 3. The van der Waals surface area contributed by atoms with E-state index in [0.29, 0.717) is 5.56 Å². The molecule has 1 aliphatic rings. The number of carbonyl (C=O) groups excluding carboxylic acids is 2. The van der Waals surface area contributed by atoms with Crippen molar-refractivity contribution in [3.05, 3.63) is 89.5 Å². The Morgan fingerprint density at radius 2 is 1.47 bits per heavy atom. The summed E-state index contributed by atoms with van der Waals surface area (Å²) in [5.74, 6) is -1.29. The van der Waals surface area contributed by atoms with Gasteiger partial charge in [0.1, 0.15) is 12.4 Å². The van der Waals surface area contributed by atoms with Crippen LogP contribution >= 0.6 is 0 Å². The first-order chi connectivity index (χ1) is 17.3. The van der Waals surface area contributed by atoms with Crippen molar-refractivity contribution in [2.75, 3.05) is 26.0 Å². The average molecular weight is 510 g/mol. The molecule has 4 rings (SSSR count). The monoisotopic (exact) mass is 509 g/mol. The lowest BCUT2D eigenvalue weighted by molar-refractivity contribution is -0.144. The Kier molecular flexibility index (Phi) is 7.59. The molecule has 8 nitrogen and oxygen atoms in total. The summed E-state index contributed by atoms with van der Waals surface area (Å²) in [6, 6.07) is 22.1. The smallest absolute Gasteiger partial charge is 0.407 e. The third kappa shape index (κ3) is 5.85. The summed E-state index contributed by atoms with van der Waals surface area (Å²) in [6.07, 6.45) is 0.295. The molecule has 0 heterocycles. The zero-order chi connectivity index (χ0) is 25.7. The molecule has 0 saturated heterocycles. The molecule has 1 aliphatic carbocycles. The number of ether oxygens (including phenoxy) is 2. The van der Waals surface area contributed by atoms with E-state index in [0.717, 1.165) is 28.5 Å². The van der Waals surface area contributed by atoms with Crippen LogP contribution < -0.4 is 9.50 Å². The second kappa shape index (κ2) is 10.8. The minimum Gasteiger partial charge on any atom is -0.465 e. The molecule has 0 aliphatic heterocycles. The lowest BCUT2D eigenvalue weighted by atomic mass is 9.98. The molecule has 0 spiro atoms. The summed E-state index contributed by atoms with van der Waals surface area (Å²) in [7, 11) is -3.67. The van der Waals surface area contributed by atoms with E-state index in [1.807, 2.05) is 36.4 Å². The van der Waals surface area contributed by atoms with E-state index in [-0.39, 0.29) is 31.4 Å². The average Bonchev–Trinajstić information content (AvgIpc) is 3.17. The minimum atomic E-state index is -3.67. The van der Waals surface area contributed by atoms with Gasteiger partial charge in [0.05, 0.1) is 18.8 Å². The molecule has 3 aromatic carbocycles. The van der Waals surface area contributed by atoms with Gasteiger partial charge >= 0.3 is 22.2 Å². The Hall–Kier alpha value is -3.85. The number of hydrogen-bond donors (Lipinski definition) is 1.